The van der Waals surface area contributed by atoms with Crippen molar-refractivity contribution >= 4 is 23.3 Å². The lowest BCUT2D eigenvalue weighted by atomic mass is 10.3. The maximum absolute atomic E-state index is 11.8. The van der Waals surface area contributed by atoms with Gasteiger partial charge < -0.3 is 10.6 Å². The van der Waals surface area contributed by atoms with E-state index in [1.54, 1.807) is 17.4 Å². The average Bonchev–Trinajstić information content (AvgIpc) is 2.14. The summed E-state index contributed by atoms with van der Waals surface area (Å²) in [6, 6.07) is 5.16. The van der Waals surface area contributed by atoms with E-state index in [1.807, 2.05) is 0 Å². The second-order valence-corrected chi connectivity index (χ2v) is 3.37. The molecule has 1 rings (SSSR count). The normalized spacial score (nSPS) is 11.0. The van der Waals surface area contributed by atoms with Crippen molar-refractivity contribution in [2.45, 2.75) is 6.18 Å². The van der Waals surface area contributed by atoms with Gasteiger partial charge in [0.2, 0.25) is 0 Å². The summed E-state index contributed by atoms with van der Waals surface area (Å²) >= 11 is 5.63. The molecule has 2 amide bonds. The van der Waals surface area contributed by atoms with Crippen molar-refractivity contribution in [3.05, 3.63) is 29.3 Å². The first-order valence-corrected chi connectivity index (χ1v) is 4.62. The Morgan fingerprint density at radius 1 is 1.38 bits per heavy atom. The Balaban J connectivity index is 2.46. The molecule has 0 saturated heterocycles. The highest BCUT2D eigenvalue weighted by atomic mass is 35.5. The van der Waals surface area contributed by atoms with Gasteiger partial charge in [-0.1, -0.05) is 17.7 Å². The fraction of sp³-hybridized carbons (Fsp3) is 0.222. The monoisotopic (exact) mass is 252 g/mol. The Labute approximate surface area is 94.6 Å². The molecule has 0 aliphatic carbocycles. The van der Waals surface area contributed by atoms with Gasteiger partial charge in [0.15, 0.2) is 0 Å². The molecular formula is C9H8ClF3N2O. The lowest BCUT2D eigenvalue weighted by Gasteiger charge is -2.09. The number of alkyl halides is 3. The quantitative estimate of drug-likeness (QED) is 0.835. The number of nitrogens with one attached hydrogen (secondary N) is 2. The molecule has 16 heavy (non-hydrogen) atoms. The van der Waals surface area contributed by atoms with Gasteiger partial charge in [-0.3, -0.25) is 0 Å². The van der Waals surface area contributed by atoms with Crippen molar-refractivity contribution in [2.24, 2.45) is 0 Å². The first kappa shape index (κ1) is 12.6. The SMILES string of the molecule is O=C(NCC(F)(F)F)Nc1cccc(Cl)c1. The Morgan fingerprint density at radius 3 is 2.62 bits per heavy atom. The first-order valence-electron chi connectivity index (χ1n) is 4.24. The molecule has 1 aromatic carbocycles. The van der Waals surface area contributed by atoms with Gasteiger partial charge in [0.25, 0.3) is 0 Å². The van der Waals surface area contributed by atoms with Gasteiger partial charge in [0.1, 0.15) is 6.54 Å². The zero-order chi connectivity index (χ0) is 12.2. The van der Waals surface area contributed by atoms with Crippen LogP contribution in [-0.2, 0) is 0 Å². The second kappa shape index (κ2) is 5.07. The van der Waals surface area contributed by atoms with Crippen molar-refractivity contribution < 1.29 is 18.0 Å². The van der Waals surface area contributed by atoms with Crippen molar-refractivity contribution in [1.29, 1.82) is 0 Å². The molecule has 88 valence electrons. The zero-order valence-electron chi connectivity index (χ0n) is 7.94. The van der Waals surface area contributed by atoms with Crippen LogP contribution < -0.4 is 10.6 Å². The number of hydrogen-bond acceptors (Lipinski definition) is 1. The third kappa shape index (κ3) is 4.88. The molecule has 0 aliphatic heterocycles. The Hall–Kier alpha value is -1.43. The van der Waals surface area contributed by atoms with Crippen LogP contribution in [0.3, 0.4) is 0 Å². The average molecular weight is 253 g/mol. The van der Waals surface area contributed by atoms with Gasteiger partial charge in [0.05, 0.1) is 0 Å². The largest absolute Gasteiger partial charge is 0.405 e. The van der Waals surface area contributed by atoms with E-state index in [4.69, 9.17) is 11.6 Å². The molecule has 0 unspecified atom stereocenters. The van der Waals surface area contributed by atoms with E-state index in [2.05, 4.69) is 5.32 Å². The molecule has 0 spiro atoms. The molecule has 0 aliphatic rings. The van der Waals surface area contributed by atoms with Crippen molar-refractivity contribution in [2.75, 3.05) is 11.9 Å². The highest BCUT2D eigenvalue weighted by Crippen LogP contribution is 2.15. The van der Waals surface area contributed by atoms with Gasteiger partial charge >= 0.3 is 12.2 Å². The van der Waals surface area contributed by atoms with Gasteiger partial charge in [-0.05, 0) is 18.2 Å². The van der Waals surface area contributed by atoms with E-state index in [0.29, 0.717) is 10.7 Å². The van der Waals surface area contributed by atoms with Crippen molar-refractivity contribution in [3.8, 4) is 0 Å². The van der Waals surface area contributed by atoms with E-state index < -0.39 is 18.8 Å². The Kier molecular flexibility index (Phi) is 4.00. The summed E-state index contributed by atoms with van der Waals surface area (Å²) in [6.07, 6.45) is -4.42. The lowest BCUT2D eigenvalue weighted by Crippen LogP contribution is -2.36. The third-order valence-electron chi connectivity index (χ3n) is 1.53. The number of hydrogen-bond donors (Lipinski definition) is 2. The van der Waals surface area contributed by atoms with Crippen LogP contribution in [0, 0.1) is 0 Å². The van der Waals surface area contributed by atoms with Crippen LogP contribution in [-0.4, -0.2) is 18.8 Å². The minimum absolute atomic E-state index is 0.326. The number of carbonyl (C=O) groups excluding carboxylic acids is 1. The summed E-state index contributed by atoms with van der Waals surface area (Å²) in [6.45, 7) is -1.38. The Bertz CT molecular complexity index is 381. The van der Waals surface area contributed by atoms with E-state index in [9.17, 15) is 18.0 Å². The van der Waals surface area contributed by atoms with Crippen molar-refractivity contribution in [3.63, 3.8) is 0 Å². The zero-order valence-corrected chi connectivity index (χ0v) is 8.69. The number of halogens is 4. The molecule has 3 nitrogen and oxygen atoms in total. The lowest BCUT2D eigenvalue weighted by molar-refractivity contribution is -0.122. The number of rotatable bonds is 2. The van der Waals surface area contributed by atoms with Crippen LogP contribution in [0.25, 0.3) is 0 Å². The molecule has 0 aromatic heterocycles. The predicted octanol–water partition coefficient (Wildman–Crippen LogP) is 3.02. The van der Waals surface area contributed by atoms with Gasteiger partial charge in [-0.25, -0.2) is 4.79 Å². The maximum atomic E-state index is 11.8. The van der Waals surface area contributed by atoms with Gasteiger partial charge in [-0.2, -0.15) is 13.2 Å². The second-order valence-electron chi connectivity index (χ2n) is 2.93. The summed E-state index contributed by atoms with van der Waals surface area (Å²) in [4.78, 5) is 11.0. The molecule has 7 heteroatoms. The summed E-state index contributed by atoms with van der Waals surface area (Å²) < 4.78 is 35.3. The van der Waals surface area contributed by atoms with E-state index in [1.165, 1.54) is 12.1 Å². The van der Waals surface area contributed by atoms with Crippen LogP contribution in [0.5, 0.6) is 0 Å². The fourth-order valence-corrected chi connectivity index (χ4v) is 1.11. The summed E-state index contributed by atoms with van der Waals surface area (Å²) in [7, 11) is 0. The van der Waals surface area contributed by atoms with Crippen LogP contribution in [0.2, 0.25) is 5.02 Å². The van der Waals surface area contributed by atoms with E-state index in [-0.39, 0.29) is 0 Å². The van der Waals surface area contributed by atoms with Gasteiger partial charge in [0, 0.05) is 10.7 Å². The standard InChI is InChI=1S/C9H8ClF3N2O/c10-6-2-1-3-7(4-6)15-8(16)14-5-9(11,12)13/h1-4H,5H2,(H2,14,15,16). The molecule has 2 N–H and O–H groups in total. The minimum atomic E-state index is -4.42. The third-order valence-corrected chi connectivity index (χ3v) is 1.77. The van der Waals surface area contributed by atoms with Crippen LogP contribution in [0.4, 0.5) is 23.7 Å². The van der Waals surface area contributed by atoms with E-state index >= 15 is 0 Å². The number of amides is 2. The van der Waals surface area contributed by atoms with Crippen LogP contribution in [0.15, 0.2) is 24.3 Å². The molecular weight excluding hydrogens is 245 g/mol. The van der Waals surface area contributed by atoms with E-state index in [0.717, 1.165) is 0 Å². The topological polar surface area (TPSA) is 41.1 Å². The highest BCUT2D eigenvalue weighted by molar-refractivity contribution is 6.30. The molecule has 0 radical (unpaired) electrons. The van der Waals surface area contributed by atoms with Gasteiger partial charge in [-0.15, -0.1) is 0 Å². The molecule has 1 aromatic rings. The fourth-order valence-electron chi connectivity index (χ4n) is 0.922. The first-order chi connectivity index (χ1) is 7.37. The molecule has 0 heterocycles. The number of carbonyl (C=O) groups is 1. The van der Waals surface area contributed by atoms with Crippen LogP contribution in [0.1, 0.15) is 0 Å². The number of benzene rings is 1. The summed E-state index contributed by atoms with van der Waals surface area (Å²) in [5, 5.41) is 4.28. The molecule has 0 atom stereocenters. The smallest absolute Gasteiger partial charge is 0.329 e. The summed E-state index contributed by atoms with van der Waals surface area (Å²) in [5.74, 6) is 0. The number of urea groups is 1. The maximum Gasteiger partial charge on any atom is 0.405 e. The van der Waals surface area contributed by atoms with Crippen molar-refractivity contribution in [1.82, 2.24) is 5.32 Å². The minimum Gasteiger partial charge on any atom is -0.329 e. The Morgan fingerprint density at radius 2 is 2.06 bits per heavy atom. The molecule has 0 fully saturated rings. The molecule has 0 bridgehead atoms. The number of anilines is 1. The highest BCUT2D eigenvalue weighted by Gasteiger charge is 2.27. The predicted molar refractivity (Wildman–Crippen MR) is 54.5 cm³/mol. The summed E-state index contributed by atoms with van der Waals surface area (Å²) in [5.41, 5.74) is 0.326. The van der Waals surface area contributed by atoms with Crippen LogP contribution >= 0.6 is 11.6 Å². The molecule has 0 saturated carbocycles.